The average Bonchev–Trinajstić information content (AvgIpc) is 1.82. The van der Waals surface area contributed by atoms with Crippen LogP contribution in [0.2, 0.25) is 0 Å². The Kier molecular flexibility index (Phi) is 5.05. The number of phosphoric acid groups is 1. The van der Waals surface area contributed by atoms with E-state index in [1.807, 2.05) is 0 Å². The lowest BCUT2D eigenvalue weighted by molar-refractivity contribution is 0.164. The molecule has 0 bridgehead atoms. The molecular formula is C4H11O7PS. The molecule has 0 unspecified atom stereocenters. The Bertz CT molecular complexity index is 273. The van der Waals surface area contributed by atoms with Crippen LogP contribution in [0.15, 0.2) is 0 Å². The summed E-state index contributed by atoms with van der Waals surface area (Å²) >= 11 is 0. The van der Waals surface area contributed by atoms with Gasteiger partial charge in [-0.3, -0.25) is 13.6 Å². The van der Waals surface area contributed by atoms with E-state index in [9.17, 15) is 13.0 Å². The molecule has 1 N–H and O–H groups in total. The van der Waals surface area contributed by atoms with Crippen molar-refractivity contribution in [2.24, 2.45) is 0 Å². The van der Waals surface area contributed by atoms with E-state index >= 15 is 0 Å². The molecule has 0 fully saturated rings. The van der Waals surface area contributed by atoms with E-state index in [4.69, 9.17) is 4.55 Å². The Balaban J connectivity index is 4.51. The van der Waals surface area contributed by atoms with Crippen LogP contribution in [0.25, 0.3) is 0 Å². The van der Waals surface area contributed by atoms with Crippen LogP contribution in [0.4, 0.5) is 0 Å². The molecule has 0 aromatic heterocycles. The molecular weight excluding hydrogens is 223 g/mol. The third-order valence-corrected chi connectivity index (χ3v) is 3.39. The van der Waals surface area contributed by atoms with Crippen LogP contribution in [0.3, 0.4) is 0 Å². The highest BCUT2D eigenvalue weighted by Crippen LogP contribution is 2.50. The van der Waals surface area contributed by atoms with Crippen LogP contribution in [0, 0.1) is 0 Å². The summed E-state index contributed by atoms with van der Waals surface area (Å²) in [5.41, 5.74) is 0. The van der Waals surface area contributed by atoms with Gasteiger partial charge in [0, 0.05) is 0 Å². The number of hydrogen-bond acceptors (Lipinski definition) is 6. The molecule has 0 atom stereocenters. The summed E-state index contributed by atoms with van der Waals surface area (Å²) in [7, 11) is -9.02. The summed E-state index contributed by atoms with van der Waals surface area (Å²) in [6.07, 6.45) is 0. The van der Waals surface area contributed by atoms with E-state index in [2.05, 4.69) is 13.0 Å². The number of phosphoric ester groups is 1. The zero-order valence-corrected chi connectivity index (χ0v) is 8.88. The van der Waals surface area contributed by atoms with Gasteiger partial charge in [-0.2, -0.15) is 8.42 Å². The fourth-order valence-electron chi connectivity index (χ4n) is 0.512. The van der Waals surface area contributed by atoms with Gasteiger partial charge >= 0.3 is 18.2 Å². The van der Waals surface area contributed by atoms with Gasteiger partial charge < -0.3 is 0 Å². The maximum absolute atomic E-state index is 11.2. The number of hydrogen-bond donors (Lipinski definition) is 1. The van der Waals surface area contributed by atoms with Crippen molar-refractivity contribution >= 4 is 18.2 Å². The highest BCUT2D eigenvalue weighted by Gasteiger charge is 2.31. The van der Waals surface area contributed by atoms with E-state index in [0.717, 1.165) is 0 Å². The Morgan fingerprint density at radius 2 is 1.62 bits per heavy atom. The molecule has 0 aromatic rings. The molecule has 0 spiro atoms. The van der Waals surface area contributed by atoms with Crippen LogP contribution < -0.4 is 0 Å². The van der Waals surface area contributed by atoms with Crippen molar-refractivity contribution in [2.45, 2.75) is 13.8 Å². The molecule has 0 heterocycles. The minimum absolute atomic E-state index is 0.0627. The second-order valence-corrected chi connectivity index (χ2v) is 4.65. The summed E-state index contributed by atoms with van der Waals surface area (Å²) in [6.45, 7) is 2.82. The molecule has 0 aliphatic carbocycles. The second kappa shape index (κ2) is 5.04. The SMILES string of the molecule is CCOP(=O)(OCC)OS(=O)(=O)O. The summed E-state index contributed by atoms with van der Waals surface area (Å²) in [5, 5.41) is 0. The normalized spacial score (nSPS) is 13.2. The zero-order chi connectivity index (χ0) is 10.5. The molecule has 7 nitrogen and oxygen atoms in total. The summed E-state index contributed by atoms with van der Waals surface area (Å²) in [5.74, 6) is 0. The zero-order valence-electron chi connectivity index (χ0n) is 7.17. The van der Waals surface area contributed by atoms with Gasteiger partial charge in [-0.15, -0.1) is 3.97 Å². The minimum atomic E-state index is -4.84. The van der Waals surface area contributed by atoms with Gasteiger partial charge in [-0.25, -0.2) is 4.57 Å². The first-order valence-corrected chi connectivity index (χ1v) is 6.23. The summed E-state index contributed by atoms with van der Waals surface area (Å²) in [4.78, 5) is 0. The molecule has 0 aliphatic rings. The van der Waals surface area contributed by atoms with E-state index in [-0.39, 0.29) is 13.2 Å². The van der Waals surface area contributed by atoms with Crippen LogP contribution in [0.1, 0.15) is 13.8 Å². The molecule has 0 saturated carbocycles. The van der Waals surface area contributed by atoms with Crippen molar-refractivity contribution in [3.05, 3.63) is 0 Å². The third kappa shape index (κ3) is 6.14. The van der Waals surface area contributed by atoms with E-state index in [1.54, 1.807) is 0 Å². The quantitative estimate of drug-likeness (QED) is 0.540. The summed E-state index contributed by atoms with van der Waals surface area (Å²) in [6, 6.07) is 0. The van der Waals surface area contributed by atoms with E-state index < -0.39 is 18.2 Å². The van der Waals surface area contributed by atoms with Gasteiger partial charge in [-0.1, -0.05) is 0 Å². The lowest BCUT2D eigenvalue weighted by Gasteiger charge is -2.13. The minimum Gasteiger partial charge on any atom is -0.286 e. The molecule has 0 rings (SSSR count). The Morgan fingerprint density at radius 3 is 1.85 bits per heavy atom. The van der Waals surface area contributed by atoms with Gasteiger partial charge in [0.25, 0.3) is 0 Å². The fourth-order valence-corrected chi connectivity index (χ4v) is 2.49. The van der Waals surface area contributed by atoms with Crippen molar-refractivity contribution < 1.29 is 30.6 Å². The predicted octanol–water partition coefficient (Wildman–Crippen LogP) is 0.987. The highest BCUT2D eigenvalue weighted by atomic mass is 32.3. The smallest absolute Gasteiger partial charge is 0.286 e. The van der Waals surface area contributed by atoms with Crippen molar-refractivity contribution in [1.82, 2.24) is 0 Å². The van der Waals surface area contributed by atoms with Gasteiger partial charge in [0.05, 0.1) is 13.2 Å². The standard InChI is InChI=1S/C4H11O7PS/c1-3-9-12(5,10-4-2)11-13(6,7)8/h3-4H2,1-2H3,(H,6,7,8). The van der Waals surface area contributed by atoms with Gasteiger partial charge in [0.15, 0.2) is 0 Å². The predicted molar refractivity (Wildman–Crippen MR) is 43.5 cm³/mol. The first-order chi connectivity index (χ1) is 5.83. The first kappa shape index (κ1) is 13.0. The lowest BCUT2D eigenvalue weighted by atomic mass is 10.9. The average molecular weight is 234 g/mol. The third-order valence-electron chi connectivity index (χ3n) is 0.760. The Labute approximate surface area is 76.6 Å². The second-order valence-electron chi connectivity index (χ2n) is 1.79. The van der Waals surface area contributed by atoms with Crippen molar-refractivity contribution in [2.75, 3.05) is 13.2 Å². The molecule has 13 heavy (non-hydrogen) atoms. The van der Waals surface area contributed by atoms with Crippen LogP contribution in [0.5, 0.6) is 0 Å². The maximum Gasteiger partial charge on any atom is 0.491 e. The van der Waals surface area contributed by atoms with Crippen LogP contribution >= 0.6 is 7.82 Å². The van der Waals surface area contributed by atoms with Crippen molar-refractivity contribution in [3.63, 3.8) is 0 Å². The molecule has 0 saturated heterocycles. The largest absolute Gasteiger partial charge is 0.491 e. The monoisotopic (exact) mass is 234 g/mol. The Morgan fingerprint density at radius 1 is 1.23 bits per heavy atom. The molecule has 0 aromatic carbocycles. The van der Waals surface area contributed by atoms with Gasteiger partial charge in [0.1, 0.15) is 0 Å². The van der Waals surface area contributed by atoms with Gasteiger partial charge in [0.2, 0.25) is 0 Å². The van der Waals surface area contributed by atoms with Crippen molar-refractivity contribution in [3.8, 4) is 0 Å². The molecule has 0 aliphatic heterocycles. The summed E-state index contributed by atoms with van der Waals surface area (Å²) < 4.78 is 52.4. The fraction of sp³-hybridized carbons (Fsp3) is 1.00. The maximum atomic E-state index is 11.2. The van der Waals surface area contributed by atoms with E-state index in [0.29, 0.717) is 0 Å². The van der Waals surface area contributed by atoms with Crippen molar-refractivity contribution in [1.29, 1.82) is 0 Å². The van der Waals surface area contributed by atoms with Gasteiger partial charge in [-0.05, 0) is 13.8 Å². The first-order valence-electron chi connectivity index (χ1n) is 3.40. The molecule has 0 amide bonds. The lowest BCUT2D eigenvalue weighted by Crippen LogP contribution is -2.06. The number of rotatable bonds is 6. The highest BCUT2D eigenvalue weighted by molar-refractivity contribution is 7.85. The molecule has 80 valence electrons. The molecule has 9 heteroatoms. The molecule has 0 radical (unpaired) electrons. The topological polar surface area (TPSA) is 99.1 Å². The van der Waals surface area contributed by atoms with E-state index in [1.165, 1.54) is 13.8 Å². The van der Waals surface area contributed by atoms with Crippen LogP contribution in [-0.4, -0.2) is 26.2 Å². The van der Waals surface area contributed by atoms with Crippen LogP contribution in [-0.2, 0) is 28.0 Å². The Hall–Kier alpha value is 0.0200.